The van der Waals surface area contributed by atoms with Crippen LogP contribution in [0.5, 0.6) is 0 Å². The van der Waals surface area contributed by atoms with Crippen LogP contribution in [0.15, 0.2) is 36.1 Å². The van der Waals surface area contributed by atoms with Gasteiger partial charge in [-0.3, -0.25) is 14.6 Å². The van der Waals surface area contributed by atoms with E-state index in [9.17, 15) is 9.59 Å². The van der Waals surface area contributed by atoms with Gasteiger partial charge in [-0.25, -0.2) is 9.97 Å². The number of thiophene rings is 1. The van der Waals surface area contributed by atoms with E-state index in [1.807, 2.05) is 17.5 Å². The smallest absolute Gasteiger partial charge is 0.274 e. The Bertz CT molecular complexity index is 983. The number of nitrogens with zero attached hydrogens (tertiary/aromatic N) is 5. The number of halogens is 1. The summed E-state index contributed by atoms with van der Waals surface area (Å²) in [5.74, 6) is -0.133. The number of hydrogen-bond acceptors (Lipinski definition) is 7. The maximum Gasteiger partial charge on any atom is 0.274 e. The van der Waals surface area contributed by atoms with Gasteiger partial charge in [-0.2, -0.15) is 0 Å². The second-order valence-electron chi connectivity index (χ2n) is 6.19. The number of aromatic nitrogens is 3. The second kappa shape index (κ2) is 8.34. The molecule has 0 bridgehead atoms. The van der Waals surface area contributed by atoms with Crippen LogP contribution in [0.4, 0.5) is 0 Å². The van der Waals surface area contributed by atoms with Crippen LogP contribution < -0.4 is 0 Å². The molecule has 10 heteroatoms. The summed E-state index contributed by atoms with van der Waals surface area (Å²) in [5.41, 5.74) is 1.08. The van der Waals surface area contributed by atoms with Crippen molar-refractivity contribution >= 4 is 46.1 Å². The number of rotatable bonds is 4. The number of thiazole rings is 1. The molecule has 28 heavy (non-hydrogen) atoms. The fraction of sp³-hybridized carbons (Fsp3) is 0.278. The van der Waals surface area contributed by atoms with Gasteiger partial charge in [0.05, 0.1) is 27.5 Å². The van der Waals surface area contributed by atoms with Gasteiger partial charge in [0.2, 0.25) is 5.91 Å². The first-order valence-corrected chi connectivity index (χ1v) is 10.7. The Balaban J connectivity index is 1.32. The maximum atomic E-state index is 12.6. The molecule has 0 N–H and O–H groups in total. The molecular weight excluding hydrogens is 418 g/mol. The molecule has 1 saturated heterocycles. The molecule has 0 spiro atoms. The molecule has 0 atom stereocenters. The summed E-state index contributed by atoms with van der Waals surface area (Å²) in [6.07, 6.45) is 4.75. The highest BCUT2D eigenvalue weighted by molar-refractivity contribution is 7.23. The number of carbonyl (C=O) groups excluding carboxylic acids is 2. The minimum atomic E-state index is -0.154. The van der Waals surface area contributed by atoms with Crippen LogP contribution in [-0.2, 0) is 11.2 Å². The lowest BCUT2D eigenvalue weighted by atomic mass is 10.2. The molecule has 0 saturated carbocycles. The van der Waals surface area contributed by atoms with Crippen LogP contribution >= 0.6 is 34.3 Å². The summed E-state index contributed by atoms with van der Waals surface area (Å²) in [7, 11) is 0. The van der Waals surface area contributed by atoms with Crippen molar-refractivity contribution in [3.8, 4) is 9.88 Å². The van der Waals surface area contributed by atoms with Crippen LogP contribution in [0, 0.1) is 0 Å². The molecule has 3 aromatic heterocycles. The first-order valence-electron chi connectivity index (χ1n) is 8.63. The monoisotopic (exact) mass is 433 g/mol. The standard InChI is InChI=1S/C18H16ClN5O2S2/c19-15-2-1-14(28-15)17-22-12(11-27-17)9-16(25)23-5-7-24(8-6-23)18(26)13-10-20-3-4-21-13/h1-4,10-11H,5-9H2. The quantitative estimate of drug-likeness (QED) is 0.632. The van der Waals surface area contributed by atoms with Crippen LogP contribution in [-0.4, -0.2) is 62.7 Å². The van der Waals surface area contributed by atoms with Gasteiger partial charge >= 0.3 is 0 Å². The highest BCUT2D eigenvalue weighted by Crippen LogP contribution is 2.33. The number of hydrogen-bond donors (Lipinski definition) is 0. The fourth-order valence-electron chi connectivity index (χ4n) is 2.93. The SMILES string of the molecule is O=C(Cc1csc(-c2ccc(Cl)s2)n1)N1CCN(C(=O)c2cnccn2)CC1. The molecule has 0 unspecified atom stereocenters. The van der Waals surface area contributed by atoms with Crippen LogP contribution in [0.25, 0.3) is 9.88 Å². The Hall–Kier alpha value is -2.36. The average Bonchev–Trinajstić information content (AvgIpc) is 3.37. The zero-order valence-corrected chi connectivity index (χ0v) is 17.1. The third kappa shape index (κ3) is 4.21. The van der Waals surface area contributed by atoms with Gasteiger partial charge < -0.3 is 9.80 Å². The van der Waals surface area contributed by atoms with Crippen LogP contribution in [0.1, 0.15) is 16.2 Å². The zero-order chi connectivity index (χ0) is 19.5. The molecule has 7 nitrogen and oxygen atoms in total. The van der Waals surface area contributed by atoms with Crippen molar-refractivity contribution in [1.82, 2.24) is 24.8 Å². The molecule has 3 aromatic rings. The number of piperazine rings is 1. The van der Waals surface area contributed by atoms with Crippen molar-refractivity contribution in [2.24, 2.45) is 0 Å². The molecule has 144 valence electrons. The highest BCUT2D eigenvalue weighted by Gasteiger charge is 2.26. The van der Waals surface area contributed by atoms with Gasteiger partial charge in [0.1, 0.15) is 10.7 Å². The predicted molar refractivity (Wildman–Crippen MR) is 109 cm³/mol. The van der Waals surface area contributed by atoms with Gasteiger partial charge in [0.15, 0.2) is 0 Å². The van der Waals surface area contributed by atoms with E-state index in [-0.39, 0.29) is 18.2 Å². The Labute approximate surface area is 174 Å². The third-order valence-electron chi connectivity index (χ3n) is 4.37. The van der Waals surface area contributed by atoms with E-state index in [1.165, 1.54) is 41.3 Å². The molecule has 4 heterocycles. The van der Waals surface area contributed by atoms with E-state index in [0.717, 1.165) is 19.9 Å². The van der Waals surface area contributed by atoms with Gasteiger partial charge in [-0.05, 0) is 12.1 Å². The molecule has 0 aromatic carbocycles. The lowest BCUT2D eigenvalue weighted by Gasteiger charge is -2.34. The van der Waals surface area contributed by atoms with Crippen molar-refractivity contribution in [2.45, 2.75) is 6.42 Å². The summed E-state index contributed by atoms with van der Waals surface area (Å²) in [6.45, 7) is 1.97. The van der Waals surface area contributed by atoms with Crippen molar-refractivity contribution in [3.63, 3.8) is 0 Å². The van der Waals surface area contributed by atoms with Crippen LogP contribution in [0.3, 0.4) is 0 Å². The lowest BCUT2D eigenvalue weighted by Crippen LogP contribution is -2.51. The minimum absolute atomic E-state index is 0.0210. The predicted octanol–water partition coefficient (Wildman–Crippen LogP) is 2.84. The molecule has 0 aliphatic carbocycles. The molecule has 1 aliphatic heterocycles. The average molecular weight is 434 g/mol. The highest BCUT2D eigenvalue weighted by atomic mass is 35.5. The second-order valence-corrected chi connectivity index (χ2v) is 8.76. The largest absolute Gasteiger partial charge is 0.339 e. The number of amides is 2. The molecular formula is C18H16ClN5O2S2. The van der Waals surface area contributed by atoms with E-state index < -0.39 is 0 Å². The van der Waals surface area contributed by atoms with E-state index in [2.05, 4.69) is 15.0 Å². The van der Waals surface area contributed by atoms with E-state index >= 15 is 0 Å². The fourth-order valence-corrected chi connectivity index (χ4v) is 4.86. The topological polar surface area (TPSA) is 79.3 Å². The summed E-state index contributed by atoms with van der Waals surface area (Å²) in [4.78, 5) is 42.0. The van der Waals surface area contributed by atoms with Crippen molar-refractivity contribution in [3.05, 3.63) is 51.8 Å². The Kier molecular flexibility index (Phi) is 5.65. The van der Waals surface area contributed by atoms with Gasteiger partial charge in [0, 0.05) is 44.0 Å². The van der Waals surface area contributed by atoms with Crippen molar-refractivity contribution < 1.29 is 9.59 Å². The van der Waals surface area contributed by atoms with Gasteiger partial charge in [0.25, 0.3) is 5.91 Å². The van der Waals surface area contributed by atoms with Crippen LogP contribution in [0.2, 0.25) is 4.34 Å². The molecule has 0 radical (unpaired) electrons. The molecule has 1 aliphatic rings. The Morgan fingerprint density at radius 2 is 1.89 bits per heavy atom. The van der Waals surface area contributed by atoms with Crippen molar-refractivity contribution in [1.29, 1.82) is 0 Å². The van der Waals surface area contributed by atoms with E-state index in [1.54, 1.807) is 9.80 Å². The number of carbonyl (C=O) groups is 2. The summed E-state index contributed by atoms with van der Waals surface area (Å²) in [5, 5.41) is 2.79. The normalized spacial score (nSPS) is 14.3. The Morgan fingerprint density at radius 3 is 2.57 bits per heavy atom. The molecule has 1 fully saturated rings. The third-order valence-corrected chi connectivity index (χ3v) is 6.66. The first-order chi connectivity index (χ1) is 13.6. The lowest BCUT2D eigenvalue weighted by molar-refractivity contribution is -0.132. The summed E-state index contributed by atoms with van der Waals surface area (Å²) < 4.78 is 0.719. The van der Waals surface area contributed by atoms with Crippen molar-refractivity contribution in [2.75, 3.05) is 26.2 Å². The zero-order valence-electron chi connectivity index (χ0n) is 14.7. The van der Waals surface area contributed by atoms with E-state index in [4.69, 9.17) is 11.6 Å². The minimum Gasteiger partial charge on any atom is -0.339 e. The van der Waals surface area contributed by atoms with E-state index in [0.29, 0.717) is 31.9 Å². The maximum absolute atomic E-state index is 12.6. The first kappa shape index (κ1) is 19.0. The molecule has 2 amide bonds. The Morgan fingerprint density at radius 1 is 1.11 bits per heavy atom. The summed E-state index contributed by atoms with van der Waals surface area (Å²) >= 11 is 8.96. The van der Waals surface area contributed by atoms with Gasteiger partial charge in [-0.15, -0.1) is 22.7 Å². The summed E-state index contributed by atoms with van der Waals surface area (Å²) in [6, 6.07) is 3.78. The molecule has 4 rings (SSSR count). The van der Waals surface area contributed by atoms with Gasteiger partial charge in [-0.1, -0.05) is 11.6 Å².